The van der Waals surface area contributed by atoms with Crippen molar-refractivity contribution in [3.63, 3.8) is 0 Å². The van der Waals surface area contributed by atoms with Crippen LogP contribution in [0.3, 0.4) is 0 Å². The highest BCUT2D eigenvalue weighted by molar-refractivity contribution is 6.34. The maximum Gasteiger partial charge on any atom is 0.279 e. The molecule has 0 radical (unpaired) electrons. The van der Waals surface area contributed by atoms with Crippen molar-refractivity contribution in [2.24, 2.45) is 0 Å². The number of amides is 2. The third kappa shape index (κ3) is 6.08. The molecule has 0 saturated carbocycles. The van der Waals surface area contributed by atoms with Gasteiger partial charge in [0.05, 0.1) is 17.8 Å². The van der Waals surface area contributed by atoms with Crippen LogP contribution in [0.15, 0.2) is 36.4 Å². The molecule has 0 fully saturated rings. The second-order valence-corrected chi connectivity index (χ2v) is 7.26. The lowest BCUT2D eigenvalue weighted by Crippen LogP contribution is -3.11. The highest BCUT2D eigenvalue weighted by Crippen LogP contribution is 2.27. The molecule has 2 aromatic carbocycles. The van der Waals surface area contributed by atoms with E-state index in [0.29, 0.717) is 10.7 Å². The van der Waals surface area contributed by atoms with Crippen LogP contribution in [0, 0.1) is 13.8 Å². The van der Waals surface area contributed by atoms with E-state index in [9.17, 15) is 9.59 Å². The third-order valence-corrected chi connectivity index (χ3v) is 4.59. The van der Waals surface area contributed by atoms with Gasteiger partial charge in [0, 0.05) is 5.69 Å². The fourth-order valence-electron chi connectivity index (χ4n) is 3.01. The van der Waals surface area contributed by atoms with Crippen LogP contribution < -0.4 is 15.5 Å². The second-order valence-electron chi connectivity index (χ2n) is 6.86. The number of rotatable bonds is 7. The van der Waals surface area contributed by atoms with Gasteiger partial charge < -0.3 is 15.5 Å². The fraction of sp³-hybridized carbons (Fsp3) is 0.333. The Hall–Kier alpha value is -2.37. The molecule has 0 aliphatic heterocycles. The number of halogens is 1. The number of hydrogen-bond donors (Lipinski definition) is 3. The zero-order valence-corrected chi connectivity index (χ0v) is 17.0. The van der Waals surface area contributed by atoms with E-state index in [1.165, 1.54) is 0 Å². The van der Waals surface area contributed by atoms with Gasteiger partial charge in [0.15, 0.2) is 13.1 Å². The van der Waals surface area contributed by atoms with E-state index in [1.807, 2.05) is 64.2 Å². The van der Waals surface area contributed by atoms with Crippen LogP contribution in [0.25, 0.3) is 0 Å². The molecule has 2 amide bonds. The molecule has 5 nitrogen and oxygen atoms in total. The zero-order valence-electron chi connectivity index (χ0n) is 16.3. The molecule has 6 heteroatoms. The van der Waals surface area contributed by atoms with Crippen molar-refractivity contribution in [2.75, 3.05) is 30.8 Å². The van der Waals surface area contributed by atoms with Gasteiger partial charge in [-0.25, -0.2) is 0 Å². The standard InChI is InChI=1S/C21H26ClN3O2/c1-5-16-8-6-7-9-18(16)23-19(26)12-25(4)13-20(27)24-21-15(3)10-14(2)11-17(21)22/h6-11H,5,12-13H2,1-4H3,(H,23,26)(H,24,27)/p+1. The molecule has 2 rings (SSSR count). The Bertz CT molecular complexity index is 813. The predicted molar refractivity (Wildman–Crippen MR) is 111 cm³/mol. The molecule has 0 aliphatic rings. The van der Waals surface area contributed by atoms with E-state index in [1.54, 1.807) is 0 Å². The number of hydrogen-bond acceptors (Lipinski definition) is 2. The van der Waals surface area contributed by atoms with Gasteiger partial charge >= 0.3 is 0 Å². The number of nitrogens with one attached hydrogen (secondary N) is 3. The Balaban J connectivity index is 1.90. The molecular formula is C21H27ClN3O2+. The summed E-state index contributed by atoms with van der Waals surface area (Å²) in [6, 6.07) is 11.5. The summed E-state index contributed by atoms with van der Waals surface area (Å²) in [5.41, 5.74) is 4.50. The molecule has 27 heavy (non-hydrogen) atoms. The molecule has 3 N–H and O–H groups in total. The lowest BCUT2D eigenvalue weighted by molar-refractivity contribution is -0.862. The predicted octanol–water partition coefficient (Wildman–Crippen LogP) is 2.61. The van der Waals surface area contributed by atoms with E-state index in [2.05, 4.69) is 10.6 Å². The molecule has 2 aromatic rings. The van der Waals surface area contributed by atoms with Crippen molar-refractivity contribution in [3.05, 3.63) is 58.1 Å². The Morgan fingerprint density at radius 2 is 1.67 bits per heavy atom. The lowest BCUT2D eigenvalue weighted by atomic mass is 10.1. The first-order chi connectivity index (χ1) is 12.8. The van der Waals surface area contributed by atoms with Crippen LogP contribution in [0.4, 0.5) is 11.4 Å². The molecule has 0 heterocycles. The molecule has 1 unspecified atom stereocenters. The molecule has 144 valence electrons. The van der Waals surface area contributed by atoms with Crippen LogP contribution in [0.1, 0.15) is 23.6 Å². The van der Waals surface area contributed by atoms with Gasteiger partial charge in [-0.1, -0.05) is 42.8 Å². The van der Waals surface area contributed by atoms with Crippen molar-refractivity contribution in [3.8, 4) is 0 Å². The first-order valence-electron chi connectivity index (χ1n) is 9.05. The highest BCUT2D eigenvalue weighted by atomic mass is 35.5. The summed E-state index contributed by atoms with van der Waals surface area (Å²) in [5.74, 6) is -0.297. The molecule has 0 saturated heterocycles. The topological polar surface area (TPSA) is 62.6 Å². The second kappa shape index (κ2) is 9.53. The Kier molecular flexibility index (Phi) is 7.39. The smallest absolute Gasteiger partial charge is 0.279 e. The Labute approximate surface area is 165 Å². The van der Waals surface area contributed by atoms with Gasteiger partial charge in [-0.05, 0) is 49.1 Å². The number of anilines is 2. The van der Waals surface area contributed by atoms with Crippen molar-refractivity contribution < 1.29 is 14.5 Å². The van der Waals surface area contributed by atoms with E-state index >= 15 is 0 Å². The maximum absolute atomic E-state index is 12.3. The molecule has 0 aliphatic carbocycles. The molecule has 0 aromatic heterocycles. The van der Waals surface area contributed by atoms with Crippen molar-refractivity contribution >= 4 is 34.8 Å². The first-order valence-corrected chi connectivity index (χ1v) is 9.43. The molecular weight excluding hydrogens is 362 g/mol. The first kappa shape index (κ1) is 20.9. The van der Waals surface area contributed by atoms with Gasteiger partial charge in [-0.2, -0.15) is 0 Å². The highest BCUT2D eigenvalue weighted by Gasteiger charge is 2.17. The summed E-state index contributed by atoms with van der Waals surface area (Å²) in [7, 11) is 1.81. The summed E-state index contributed by atoms with van der Waals surface area (Å²) in [6.07, 6.45) is 0.845. The average Bonchev–Trinajstić information content (AvgIpc) is 2.58. The number of aryl methyl sites for hydroxylation is 3. The van der Waals surface area contributed by atoms with Crippen molar-refractivity contribution in [2.45, 2.75) is 27.2 Å². The van der Waals surface area contributed by atoms with Crippen LogP contribution in [-0.2, 0) is 16.0 Å². The zero-order chi connectivity index (χ0) is 20.0. The third-order valence-electron chi connectivity index (χ3n) is 4.29. The van der Waals surface area contributed by atoms with Gasteiger partial charge in [0.1, 0.15) is 0 Å². The Morgan fingerprint density at radius 3 is 2.30 bits per heavy atom. The van der Waals surface area contributed by atoms with Gasteiger partial charge in [0.25, 0.3) is 11.8 Å². The minimum Gasteiger partial charge on any atom is -0.322 e. The van der Waals surface area contributed by atoms with Crippen molar-refractivity contribution in [1.82, 2.24) is 0 Å². The molecule has 1 atom stereocenters. The average molecular weight is 389 g/mol. The van der Waals surface area contributed by atoms with Crippen LogP contribution in [-0.4, -0.2) is 32.0 Å². The summed E-state index contributed by atoms with van der Waals surface area (Å²) in [5, 5.41) is 6.30. The number of likely N-dealkylation sites (N-methyl/N-ethyl adjacent to an activating group) is 1. The minimum absolute atomic E-state index is 0.120. The van der Waals surface area contributed by atoms with Crippen LogP contribution >= 0.6 is 11.6 Å². The monoisotopic (exact) mass is 388 g/mol. The quantitative estimate of drug-likeness (QED) is 0.682. The number of carbonyl (C=O) groups is 2. The van der Waals surface area contributed by atoms with E-state index in [0.717, 1.165) is 33.7 Å². The number of carbonyl (C=O) groups excluding carboxylic acids is 2. The molecule has 0 bridgehead atoms. The van der Waals surface area contributed by atoms with Gasteiger partial charge in [-0.15, -0.1) is 0 Å². The van der Waals surface area contributed by atoms with Gasteiger partial charge in [-0.3, -0.25) is 9.59 Å². The van der Waals surface area contributed by atoms with Crippen molar-refractivity contribution in [1.29, 1.82) is 0 Å². The lowest BCUT2D eigenvalue weighted by Gasteiger charge is -2.16. The summed E-state index contributed by atoms with van der Waals surface area (Å²) < 4.78 is 0. The molecule has 0 spiro atoms. The largest absolute Gasteiger partial charge is 0.322 e. The maximum atomic E-state index is 12.3. The number of quaternary nitrogens is 1. The van der Waals surface area contributed by atoms with E-state index in [-0.39, 0.29) is 24.9 Å². The number of benzene rings is 2. The van der Waals surface area contributed by atoms with Crippen LogP contribution in [0.5, 0.6) is 0 Å². The number of para-hydroxylation sites is 1. The summed E-state index contributed by atoms with van der Waals surface area (Å²) in [6.45, 7) is 6.28. The Morgan fingerprint density at radius 1 is 1.04 bits per heavy atom. The fourth-order valence-corrected chi connectivity index (χ4v) is 3.38. The summed E-state index contributed by atoms with van der Waals surface area (Å²) in [4.78, 5) is 25.4. The normalized spacial score (nSPS) is 11.7. The van der Waals surface area contributed by atoms with Gasteiger partial charge in [0.2, 0.25) is 0 Å². The summed E-state index contributed by atoms with van der Waals surface area (Å²) >= 11 is 6.23. The van der Waals surface area contributed by atoms with E-state index in [4.69, 9.17) is 11.6 Å². The van der Waals surface area contributed by atoms with E-state index < -0.39 is 0 Å². The van der Waals surface area contributed by atoms with Crippen LogP contribution in [0.2, 0.25) is 5.02 Å². The SMILES string of the molecule is CCc1ccccc1NC(=O)C[NH+](C)CC(=O)Nc1c(C)cc(C)cc1Cl. The minimum atomic E-state index is -0.178.